The molecule has 1 aromatic rings. The van der Waals surface area contributed by atoms with Gasteiger partial charge in [0.1, 0.15) is 5.82 Å². The second-order valence-electron chi connectivity index (χ2n) is 4.06. The van der Waals surface area contributed by atoms with Crippen LogP contribution in [0.1, 0.15) is 29.8 Å². The van der Waals surface area contributed by atoms with E-state index in [9.17, 15) is 14.2 Å². The van der Waals surface area contributed by atoms with Crippen molar-refractivity contribution in [2.75, 3.05) is 0 Å². The highest BCUT2D eigenvalue weighted by Gasteiger charge is 2.41. The molecule has 0 radical (unpaired) electrons. The van der Waals surface area contributed by atoms with Gasteiger partial charge in [0.2, 0.25) is 0 Å². The van der Waals surface area contributed by atoms with Gasteiger partial charge in [-0.05, 0) is 37.0 Å². The molecule has 78 valence electrons. The highest BCUT2D eigenvalue weighted by atomic mass is 19.1. The van der Waals surface area contributed by atoms with E-state index in [2.05, 4.69) is 0 Å². The lowest BCUT2D eigenvalue weighted by atomic mass is 9.77. The van der Waals surface area contributed by atoms with Gasteiger partial charge >= 0.3 is 7.12 Å². The Kier molecular flexibility index (Phi) is 2.17. The van der Waals surface area contributed by atoms with Crippen LogP contribution in [-0.4, -0.2) is 18.4 Å². The standard InChI is InChI=1S/C10H10BFO3/c1-10(2)7-3-6(5-13)9(12)4-8(7)11(14)15-10/h3-5,14H,1-2H3. The molecule has 0 saturated heterocycles. The molecule has 0 fully saturated rings. The van der Waals surface area contributed by atoms with Crippen LogP contribution >= 0.6 is 0 Å². The molecule has 0 spiro atoms. The molecule has 15 heavy (non-hydrogen) atoms. The van der Waals surface area contributed by atoms with Crippen LogP contribution in [0, 0.1) is 5.82 Å². The summed E-state index contributed by atoms with van der Waals surface area (Å²) in [6.45, 7) is 3.52. The lowest BCUT2D eigenvalue weighted by molar-refractivity contribution is 0.101. The fourth-order valence-electron chi connectivity index (χ4n) is 1.83. The Bertz CT molecular complexity index is 431. The number of carbonyl (C=O) groups is 1. The number of halogens is 1. The summed E-state index contributed by atoms with van der Waals surface area (Å²) in [5.41, 5.74) is 0.335. The molecule has 1 heterocycles. The summed E-state index contributed by atoms with van der Waals surface area (Å²) in [7, 11) is -1.12. The predicted octanol–water partition coefficient (Wildman–Crippen LogP) is 0.591. The maximum atomic E-state index is 13.3. The summed E-state index contributed by atoms with van der Waals surface area (Å²) >= 11 is 0. The van der Waals surface area contributed by atoms with Crippen molar-refractivity contribution >= 4 is 18.9 Å². The van der Waals surface area contributed by atoms with Crippen molar-refractivity contribution in [2.45, 2.75) is 19.4 Å². The van der Waals surface area contributed by atoms with Crippen LogP contribution < -0.4 is 5.46 Å². The van der Waals surface area contributed by atoms with E-state index in [-0.39, 0.29) is 5.56 Å². The Morgan fingerprint density at radius 2 is 2.20 bits per heavy atom. The van der Waals surface area contributed by atoms with Crippen molar-refractivity contribution in [1.29, 1.82) is 0 Å². The highest BCUT2D eigenvalue weighted by Crippen LogP contribution is 2.30. The third-order valence-electron chi connectivity index (χ3n) is 2.62. The van der Waals surface area contributed by atoms with Crippen LogP contribution in [-0.2, 0) is 10.3 Å². The largest absolute Gasteiger partial charge is 0.492 e. The molecule has 1 aliphatic rings. The molecular formula is C10H10BFO3. The zero-order valence-electron chi connectivity index (χ0n) is 8.45. The van der Waals surface area contributed by atoms with Gasteiger partial charge in [0, 0.05) is 0 Å². The van der Waals surface area contributed by atoms with Crippen LogP contribution in [0.25, 0.3) is 0 Å². The SMILES string of the molecule is CC1(C)OB(O)c2cc(F)c(C=O)cc21. The normalized spacial score (nSPS) is 17.7. The molecule has 2 rings (SSSR count). The summed E-state index contributed by atoms with van der Waals surface area (Å²) in [6, 6.07) is 2.58. The number of hydrogen-bond donors (Lipinski definition) is 1. The van der Waals surface area contributed by atoms with E-state index in [1.54, 1.807) is 13.8 Å². The zero-order chi connectivity index (χ0) is 11.2. The highest BCUT2D eigenvalue weighted by molar-refractivity contribution is 6.62. The van der Waals surface area contributed by atoms with Crippen LogP contribution in [0.3, 0.4) is 0 Å². The van der Waals surface area contributed by atoms with E-state index < -0.39 is 18.5 Å². The molecule has 0 aromatic heterocycles. The summed E-state index contributed by atoms with van der Waals surface area (Å²) in [4.78, 5) is 10.6. The third-order valence-corrected chi connectivity index (χ3v) is 2.62. The second kappa shape index (κ2) is 3.15. The van der Waals surface area contributed by atoms with Gasteiger partial charge in [-0.3, -0.25) is 4.79 Å². The second-order valence-corrected chi connectivity index (χ2v) is 4.06. The Morgan fingerprint density at radius 1 is 1.53 bits per heavy atom. The zero-order valence-corrected chi connectivity index (χ0v) is 8.45. The molecule has 1 aliphatic heterocycles. The first-order valence-electron chi connectivity index (χ1n) is 4.60. The number of hydrogen-bond acceptors (Lipinski definition) is 3. The van der Waals surface area contributed by atoms with Crippen LogP contribution in [0.4, 0.5) is 4.39 Å². The fraction of sp³-hybridized carbons (Fsp3) is 0.300. The quantitative estimate of drug-likeness (QED) is 0.542. The first-order chi connectivity index (χ1) is 6.95. The third kappa shape index (κ3) is 1.48. The molecule has 1 aromatic carbocycles. The van der Waals surface area contributed by atoms with Crippen molar-refractivity contribution < 1.29 is 18.9 Å². The van der Waals surface area contributed by atoms with Gasteiger partial charge < -0.3 is 9.68 Å². The van der Waals surface area contributed by atoms with Gasteiger partial charge in [0.25, 0.3) is 0 Å². The van der Waals surface area contributed by atoms with Crippen molar-refractivity contribution in [1.82, 2.24) is 0 Å². The van der Waals surface area contributed by atoms with E-state index in [0.29, 0.717) is 17.3 Å². The molecule has 0 saturated carbocycles. The average Bonchev–Trinajstić information content (AvgIpc) is 2.36. The minimum Gasteiger partial charge on any atom is -0.423 e. The summed E-state index contributed by atoms with van der Waals surface area (Å²) in [5, 5.41) is 9.53. The van der Waals surface area contributed by atoms with E-state index in [1.165, 1.54) is 6.07 Å². The van der Waals surface area contributed by atoms with E-state index in [0.717, 1.165) is 6.07 Å². The average molecular weight is 208 g/mol. The number of aldehydes is 1. The van der Waals surface area contributed by atoms with Gasteiger partial charge in [-0.2, -0.15) is 0 Å². The Hall–Kier alpha value is -1.20. The molecule has 0 bridgehead atoms. The van der Waals surface area contributed by atoms with Gasteiger partial charge in [-0.25, -0.2) is 4.39 Å². The molecule has 5 heteroatoms. The number of benzene rings is 1. The monoisotopic (exact) mass is 208 g/mol. The lowest BCUT2D eigenvalue weighted by Crippen LogP contribution is -2.29. The molecule has 0 amide bonds. The molecule has 3 nitrogen and oxygen atoms in total. The van der Waals surface area contributed by atoms with Crippen molar-refractivity contribution in [2.24, 2.45) is 0 Å². The van der Waals surface area contributed by atoms with Crippen LogP contribution in [0.2, 0.25) is 0 Å². The number of carbonyl (C=O) groups excluding carboxylic acids is 1. The summed E-state index contributed by atoms with van der Waals surface area (Å²) < 4.78 is 18.5. The smallest absolute Gasteiger partial charge is 0.423 e. The van der Waals surface area contributed by atoms with Crippen LogP contribution in [0.5, 0.6) is 0 Å². The predicted molar refractivity (Wildman–Crippen MR) is 53.5 cm³/mol. The minimum atomic E-state index is -1.12. The number of rotatable bonds is 1. The van der Waals surface area contributed by atoms with Crippen molar-refractivity contribution in [3.63, 3.8) is 0 Å². The van der Waals surface area contributed by atoms with Crippen LogP contribution in [0.15, 0.2) is 12.1 Å². The number of fused-ring (bicyclic) bond motifs is 1. The van der Waals surface area contributed by atoms with Gasteiger partial charge in [-0.1, -0.05) is 0 Å². The van der Waals surface area contributed by atoms with E-state index in [4.69, 9.17) is 4.65 Å². The van der Waals surface area contributed by atoms with E-state index >= 15 is 0 Å². The molecular weight excluding hydrogens is 198 g/mol. The Morgan fingerprint density at radius 3 is 2.80 bits per heavy atom. The Balaban J connectivity index is 2.66. The Labute approximate surface area is 87.0 Å². The summed E-state index contributed by atoms with van der Waals surface area (Å²) in [5.74, 6) is -0.635. The first kappa shape index (κ1) is 10.3. The molecule has 0 aliphatic carbocycles. The summed E-state index contributed by atoms with van der Waals surface area (Å²) in [6.07, 6.45) is 0.455. The van der Waals surface area contributed by atoms with Gasteiger partial charge in [0.15, 0.2) is 6.29 Å². The molecule has 1 N–H and O–H groups in total. The van der Waals surface area contributed by atoms with Crippen molar-refractivity contribution in [3.05, 3.63) is 29.1 Å². The molecule has 0 atom stereocenters. The topological polar surface area (TPSA) is 46.5 Å². The lowest BCUT2D eigenvalue weighted by Gasteiger charge is -2.19. The maximum Gasteiger partial charge on any atom is 0.492 e. The van der Waals surface area contributed by atoms with Crippen molar-refractivity contribution in [3.8, 4) is 0 Å². The fourth-order valence-corrected chi connectivity index (χ4v) is 1.83. The maximum absolute atomic E-state index is 13.3. The molecule has 0 unspecified atom stereocenters. The van der Waals surface area contributed by atoms with Gasteiger partial charge in [0.05, 0.1) is 11.2 Å². The van der Waals surface area contributed by atoms with Gasteiger partial charge in [-0.15, -0.1) is 0 Å². The minimum absolute atomic E-state index is 0.0143. The first-order valence-corrected chi connectivity index (χ1v) is 4.60. The van der Waals surface area contributed by atoms with E-state index in [1.807, 2.05) is 0 Å².